The maximum absolute atomic E-state index is 11.6. The molecule has 0 saturated heterocycles. The number of hydrogen-bond acceptors (Lipinski definition) is 2. The molecule has 0 aromatic heterocycles. The smallest absolute Gasteiger partial charge is 0.325 e. The Kier molecular flexibility index (Phi) is 5.17. The zero-order valence-electron chi connectivity index (χ0n) is 10.6. The van der Waals surface area contributed by atoms with Crippen molar-refractivity contribution in [2.75, 3.05) is 5.32 Å². The molecule has 0 fully saturated rings. The van der Waals surface area contributed by atoms with Crippen molar-refractivity contribution in [1.29, 1.82) is 0 Å². The number of carbonyl (C=O) groups excluding carboxylic acids is 1. The largest absolute Gasteiger partial charge is 0.480 e. The highest BCUT2D eigenvalue weighted by Gasteiger charge is 2.14. The van der Waals surface area contributed by atoms with E-state index in [0.29, 0.717) is 0 Å². The van der Waals surface area contributed by atoms with Gasteiger partial charge < -0.3 is 15.7 Å². The predicted molar refractivity (Wildman–Crippen MR) is 69.7 cm³/mol. The first kappa shape index (κ1) is 14.0. The minimum Gasteiger partial charge on any atom is -0.480 e. The van der Waals surface area contributed by atoms with Crippen LogP contribution >= 0.6 is 0 Å². The minimum atomic E-state index is -1.06. The Hall–Kier alpha value is -2.04. The van der Waals surface area contributed by atoms with Gasteiger partial charge in [-0.25, -0.2) is 4.79 Å². The van der Waals surface area contributed by atoms with Gasteiger partial charge in [-0.2, -0.15) is 0 Å². The van der Waals surface area contributed by atoms with E-state index in [0.717, 1.165) is 24.1 Å². The second kappa shape index (κ2) is 6.64. The SMILES string of the molecule is CCCc1ccccc1NC(=O)N[C@@H](C)C(=O)O. The molecule has 0 saturated carbocycles. The van der Waals surface area contributed by atoms with Gasteiger partial charge in [0.1, 0.15) is 6.04 Å². The van der Waals surface area contributed by atoms with Crippen molar-refractivity contribution in [3.63, 3.8) is 0 Å². The maximum Gasteiger partial charge on any atom is 0.325 e. The summed E-state index contributed by atoms with van der Waals surface area (Å²) in [6.45, 7) is 3.48. The van der Waals surface area contributed by atoms with Gasteiger partial charge in [-0.3, -0.25) is 4.79 Å². The van der Waals surface area contributed by atoms with E-state index in [-0.39, 0.29) is 0 Å². The van der Waals surface area contributed by atoms with E-state index in [2.05, 4.69) is 17.6 Å². The van der Waals surface area contributed by atoms with Crippen LogP contribution in [0.15, 0.2) is 24.3 Å². The number of anilines is 1. The van der Waals surface area contributed by atoms with Crippen molar-refractivity contribution < 1.29 is 14.7 Å². The van der Waals surface area contributed by atoms with Crippen LogP contribution in [0.1, 0.15) is 25.8 Å². The molecule has 5 nitrogen and oxygen atoms in total. The van der Waals surface area contributed by atoms with Crippen LogP contribution in [0, 0.1) is 0 Å². The van der Waals surface area contributed by atoms with Gasteiger partial charge in [-0.15, -0.1) is 0 Å². The van der Waals surface area contributed by atoms with E-state index in [1.165, 1.54) is 6.92 Å². The first-order valence-electron chi connectivity index (χ1n) is 5.92. The third-order valence-electron chi connectivity index (χ3n) is 2.50. The first-order valence-corrected chi connectivity index (χ1v) is 5.92. The Balaban J connectivity index is 2.66. The van der Waals surface area contributed by atoms with Crippen molar-refractivity contribution in [3.05, 3.63) is 29.8 Å². The number of benzene rings is 1. The lowest BCUT2D eigenvalue weighted by Gasteiger charge is -2.13. The topological polar surface area (TPSA) is 78.4 Å². The van der Waals surface area contributed by atoms with Gasteiger partial charge in [0, 0.05) is 5.69 Å². The molecular formula is C13H18N2O3. The molecule has 0 aliphatic heterocycles. The highest BCUT2D eigenvalue weighted by Crippen LogP contribution is 2.16. The van der Waals surface area contributed by atoms with Crippen molar-refractivity contribution in [3.8, 4) is 0 Å². The highest BCUT2D eigenvalue weighted by molar-refractivity contribution is 5.92. The molecule has 0 unspecified atom stereocenters. The highest BCUT2D eigenvalue weighted by atomic mass is 16.4. The number of nitrogens with one attached hydrogen (secondary N) is 2. The number of aryl methyl sites for hydroxylation is 1. The Morgan fingerprint density at radius 3 is 2.61 bits per heavy atom. The molecule has 0 heterocycles. The molecular weight excluding hydrogens is 232 g/mol. The van der Waals surface area contributed by atoms with Crippen LogP contribution in [0.5, 0.6) is 0 Å². The van der Waals surface area contributed by atoms with Crippen LogP contribution in [-0.4, -0.2) is 23.1 Å². The second-order valence-electron chi connectivity index (χ2n) is 4.07. The molecule has 2 amide bonds. The van der Waals surface area contributed by atoms with Crippen molar-refractivity contribution in [2.45, 2.75) is 32.7 Å². The molecule has 18 heavy (non-hydrogen) atoms. The number of carboxylic acid groups (broad SMARTS) is 1. The number of hydrogen-bond donors (Lipinski definition) is 3. The number of urea groups is 1. The fraction of sp³-hybridized carbons (Fsp3) is 0.385. The molecule has 1 atom stereocenters. The Bertz CT molecular complexity index is 432. The fourth-order valence-corrected chi connectivity index (χ4v) is 1.55. The summed E-state index contributed by atoms with van der Waals surface area (Å²) in [6, 6.07) is 6.07. The summed E-state index contributed by atoms with van der Waals surface area (Å²) in [5.41, 5.74) is 1.76. The monoisotopic (exact) mass is 250 g/mol. The summed E-state index contributed by atoms with van der Waals surface area (Å²) in [7, 11) is 0. The van der Waals surface area contributed by atoms with Gasteiger partial charge in [-0.05, 0) is 25.0 Å². The number of aliphatic carboxylic acids is 1. The molecule has 0 spiro atoms. The molecule has 1 aromatic carbocycles. The number of amides is 2. The van der Waals surface area contributed by atoms with Crippen LogP contribution in [0.2, 0.25) is 0 Å². The summed E-state index contributed by atoms with van der Waals surface area (Å²) in [5, 5.41) is 13.7. The average molecular weight is 250 g/mol. The van der Waals surface area contributed by atoms with Gasteiger partial charge in [-0.1, -0.05) is 31.5 Å². The summed E-state index contributed by atoms with van der Waals surface area (Å²) in [5.74, 6) is -1.06. The molecule has 1 aromatic rings. The molecule has 0 aliphatic carbocycles. The summed E-state index contributed by atoms with van der Waals surface area (Å²) in [6.07, 6.45) is 1.84. The van der Waals surface area contributed by atoms with Crippen molar-refractivity contribution >= 4 is 17.7 Å². The van der Waals surface area contributed by atoms with Crippen LogP contribution in [0.3, 0.4) is 0 Å². The third-order valence-corrected chi connectivity index (χ3v) is 2.50. The van der Waals surface area contributed by atoms with Gasteiger partial charge in [0.2, 0.25) is 0 Å². The zero-order valence-corrected chi connectivity index (χ0v) is 10.6. The van der Waals surface area contributed by atoms with Crippen LogP contribution < -0.4 is 10.6 Å². The summed E-state index contributed by atoms with van der Waals surface area (Å²) >= 11 is 0. The average Bonchev–Trinajstić information content (AvgIpc) is 2.31. The van der Waals surface area contributed by atoms with Gasteiger partial charge in [0.05, 0.1) is 0 Å². The Labute approximate surface area is 106 Å². The van der Waals surface area contributed by atoms with Crippen LogP contribution in [-0.2, 0) is 11.2 Å². The van der Waals surface area contributed by atoms with Gasteiger partial charge >= 0.3 is 12.0 Å². The second-order valence-corrected chi connectivity index (χ2v) is 4.07. The number of para-hydroxylation sites is 1. The first-order chi connectivity index (χ1) is 8.54. The van der Waals surface area contributed by atoms with Crippen LogP contribution in [0.25, 0.3) is 0 Å². The standard InChI is InChI=1S/C13H18N2O3/c1-3-6-10-7-4-5-8-11(10)15-13(18)14-9(2)12(16)17/h4-5,7-9H,3,6H2,1-2H3,(H,16,17)(H2,14,15,18)/t9-/m0/s1. The fourth-order valence-electron chi connectivity index (χ4n) is 1.55. The van der Waals surface area contributed by atoms with E-state index < -0.39 is 18.0 Å². The molecule has 5 heteroatoms. The minimum absolute atomic E-state index is 0.506. The van der Waals surface area contributed by atoms with E-state index in [9.17, 15) is 9.59 Å². The van der Waals surface area contributed by atoms with Crippen molar-refractivity contribution in [2.24, 2.45) is 0 Å². The van der Waals surface area contributed by atoms with Gasteiger partial charge in [0.25, 0.3) is 0 Å². The molecule has 3 N–H and O–H groups in total. The van der Waals surface area contributed by atoms with Crippen molar-refractivity contribution in [1.82, 2.24) is 5.32 Å². The van der Waals surface area contributed by atoms with Gasteiger partial charge in [0.15, 0.2) is 0 Å². The molecule has 0 aliphatic rings. The molecule has 98 valence electrons. The number of carbonyl (C=O) groups is 2. The quantitative estimate of drug-likeness (QED) is 0.749. The molecule has 1 rings (SSSR count). The van der Waals surface area contributed by atoms with E-state index in [1.54, 1.807) is 6.07 Å². The zero-order chi connectivity index (χ0) is 13.5. The summed E-state index contributed by atoms with van der Waals surface area (Å²) < 4.78 is 0. The van der Waals surface area contributed by atoms with E-state index in [4.69, 9.17) is 5.11 Å². The molecule has 0 bridgehead atoms. The number of carboxylic acids is 1. The van der Waals surface area contributed by atoms with E-state index >= 15 is 0 Å². The number of rotatable bonds is 5. The lowest BCUT2D eigenvalue weighted by Crippen LogP contribution is -2.41. The maximum atomic E-state index is 11.6. The lowest BCUT2D eigenvalue weighted by molar-refractivity contribution is -0.138. The normalized spacial score (nSPS) is 11.7. The lowest BCUT2D eigenvalue weighted by atomic mass is 10.1. The summed E-state index contributed by atoms with van der Waals surface area (Å²) in [4.78, 5) is 22.2. The molecule has 0 radical (unpaired) electrons. The predicted octanol–water partition coefficient (Wildman–Crippen LogP) is 2.23. The Morgan fingerprint density at radius 1 is 1.33 bits per heavy atom. The van der Waals surface area contributed by atoms with E-state index in [1.807, 2.05) is 18.2 Å². The van der Waals surface area contributed by atoms with Crippen LogP contribution in [0.4, 0.5) is 10.5 Å². The third kappa shape index (κ3) is 4.08. The Morgan fingerprint density at radius 2 is 2.00 bits per heavy atom.